The Hall–Kier alpha value is -3.66. The molecule has 40 heavy (non-hydrogen) atoms. The minimum absolute atomic E-state index is 0.212. The maximum Gasteiger partial charge on any atom is 0.416 e. The summed E-state index contributed by atoms with van der Waals surface area (Å²) in [6.07, 6.45) is -1.09. The molecule has 1 fully saturated rings. The summed E-state index contributed by atoms with van der Waals surface area (Å²) in [5.74, 6) is -0.865. The lowest BCUT2D eigenvalue weighted by Gasteiger charge is -2.27. The Morgan fingerprint density at radius 2 is 1.65 bits per heavy atom. The number of likely N-dealkylation sites (tertiary alicyclic amines) is 1. The normalized spacial score (nSPS) is 17.4. The number of benzene rings is 1. The van der Waals surface area contributed by atoms with Crippen LogP contribution in [0.25, 0.3) is 0 Å². The first-order valence-electron chi connectivity index (χ1n) is 13.4. The van der Waals surface area contributed by atoms with Crippen molar-refractivity contribution < 1.29 is 33.7 Å². The summed E-state index contributed by atoms with van der Waals surface area (Å²) in [7, 11) is 0. The smallest absolute Gasteiger partial charge is 0.416 e. The number of hydrogen-bond acceptors (Lipinski definition) is 7. The average molecular weight is 556 g/mol. The highest BCUT2D eigenvalue weighted by molar-refractivity contribution is 5.86. The summed E-state index contributed by atoms with van der Waals surface area (Å²) in [5.41, 5.74) is 1.15. The van der Waals surface area contributed by atoms with Gasteiger partial charge < -0.3 is 24.2 Å². The second kappa shape index (κ2) is 12.7. The van der Waals surface area contributed by atoms with Gasteiger partial charge in [-0.2, -0.15) is 0 Å². The number of carbonyl (C=O) groups is 3. The molecule has 1 saturated heterocycles. The number of anilines is 1. The van der Waals surface area contributed by atoms with E-state index < -0.39 is 42.1 Å². The van der Waals surface area contributed by atoms with Crippen molar-refractivity contribution in [2.24, 2.45) is 5.92 Å². The fraction of sp³-hybridized carbons (Fsp3) is 0.533. The Morgan fingerprint density at radius 1 is 1.00 bits per heavy atom. The molecular weight excluding hydrogens is 514 g/mol. The number of aliphatic carboxylic acids is 1. The highest BCUT2D eigenvalue weighted by Crippen LogP contribution is 2.28. The molecule has 0 aliphatic carbocycles. The van der Waals surface area contributed by atoms with E-state index in [0.717, 1.165) is 11.1 Å². The van der Waals surface area contributed by atoms with Crippen LogP contribution in [0.4, 0.5) is 15.4 Å². The predicted octanol–water partition coefficient (Wildman–Crippen LogP) is 5.21. The van der Waals surface area contributed by atoms with Gasteiger partial charge in [0.05, 0.1) is 19.2 Å². The first kappa shape index (κ1) is 30.9. The van der Waals surface area contributed by atoms with E-state index in [1.165, 1.54) is 4.90 Å². The summed E-state index contributed by atoms with van der Waals surface area (Å²) in [5, 5.41) is 9.17. The Labute approximate surface area is 236 Å². The van der Waals surface area contributed by atoms with Gasteiger partial charge in [-0.1, -0.05) is 30.3 Å². The van der Waals surface area contributed by atoms with Crippen LogP contribution in [0.15, 0.2) is 42.5 Å². The van der Waals surface area contributed by atoms with Gasteiger partial charge in [0.2, 0.25) is 0 Å². The molecule has 2 aromatic rings. The van der Waals surface area contributed by atoms with E-state index in [0.29, 0.717) is 24.5 Å². The number of aryl methyl sites for hydroxylation is 1. The van der Waals surface area contributed by atoms with Gasteiger partial charge in [-0.05, 0) is 78.1 Å². The molecule has 1 aromatic heterocycles. The van der Waals surface area contributed by atoms with E-state index in [9.17, 15) is 19.5 Å². The number of pyridine rings is 1. The molecule has 10 heteroatoms. The standard InChI is InChI=1S/C30H41N3O7/c1-20-13-23(15-22-17-32(27(36)39-29(2,3)4)18-24(22)38-19-26(34)35)31-25(14-20)33(28(37)40-30(5,6)7)16-21-11-9-8-10-12-21/h8-14,22,24H,15-19H2,1-7H3,(H,34,35). The first-order chi connectivity index (χ1) is 18.6. The second-order valence-corrected chi connectivity index (χ2v) is 12.1. The highest BCUT2D eigenvalue weighted by atomic mass is 16.6. The maximum atomic E-state index is 13.3. The van der Waals surface area contributed by atoms with Crippen molar-refractivity contribution in [3.05, 3.63) is 59.3 Å². The molecule has 218 valence electrons. The van der Waals surface area contributed by atoms with Crippen LogP contribution in [0.3, 0.4) is 0 Å². The van der Waals surface area contributed by atoms with E-state index in [1.54, 1.807) is 25.7 Å². The minimum atomic E-state index is -1.08. The lowest BCUT2D eigenvalue weighted by Crippen LogP contribution is -2.37. The quantitative estimate of drug-likeness (QED) is 0.472. The molecule has 0 bridgehead atoms. The van der Waals surface area contributed by atoms with Crippen molar-refractivity contribution >= 4 is 24.0 Å². The minimum Gasteiger partial charge on any atom is -0.480 e. The van der Waals surface area contributed by atoms with Crippen LogP contribution in [0.2, 0.25) is 0 Å². The van der Waals surface area contributed by atoms with Crippen LogP contribution >= 0.6 is 0 Å². The van der Waals surface area contributed by atoms with E-state index in [4.69, 9.17) is 19.2 Å². The van der Waals surface area contributed by atoms with Crippen molar-refractivity contribution in [3.8, 4) is 0 Å². The lowest BCUT2D eigenvalue weighted by molar-refractivity contribution is -0.144. The average Bonchev–Trinajstić information content (AvgIpc) is 3.22. The first-order valence-corrected chi connectivity index (χ1v) is 13.4. The van der Waals surface area contributed by atoms with Crippen LogP contribution in [0.5, 0.6) is 0 Å². The molecule has 0 radical (unpaired) electrons. The molecular formula is C30H41N3O7. The molecule has 0 spiro atoms. The molecule has 2 unspecified atom stereocenters. The van der Waals surface area contributed by atoms with Crippen molar-refractivity contribution in [2.45, 2.75) is 78.7 Å². The molecule has 2 amide bonds. The summed E-state index contributed by atoms with van der Waals surface area (Å²) < 4.78 is 16.9. The van der Waals surface area contributed by atoms with Gasteiger partial charge in [0.25, 0.3) is 0 Å². The van der Waals surface area contributed by atoms with E-state index >= 15 is 0 Å². The number of nitrogens with zero attached hydrogens (tertiary/aromatic N) is 3. The SMILES string of the molecule is Cc1cc(CC2CN(C(=O)OC(C)(C)C)CC2OCC(=O)O)nc(N(Cc2ccccc2)C(=O)OC(C)(C)C)c1. The fourth-order valence-electron chi connectivity index (χ4n) is 4.43. The Balaban J connectivity index is 1.88. The number of carboxylic acid groups (broad SMARTS) is 1. The largest absolute Gasteiger partial charge is 0.480 e. The number of rotatable bonds is 8. The second-order valence-electron chi connectivity index (χ2n) is 12.1. The zero-order chi connectivity index (χ0) is 29.7. The number of hydrogen-bond donors (Lipinski definition) is 1. The summed E-state index contributed by atoms with van der Waals surface area (Å²) >= 11 is 0. The summed E-state index contributed by atoms with van der Waals surface area (Å²) in [4.78, 5) is 45.1. The van der Waals surface area contributed by atoms with Crippen LogP contribution in [-0.2, 0) is 32.0 Å². The molecule has 1 aliphatic heterocycles. The molecule has 0 saturated carbocycles. The van der Waals surface area contributed by atoms with Gasteiger partial charge in [-0.3, -0.25) is 4.90 Å². The van der Waals surface area contributed by atoms with Crippen molar-refractivity contribution in [3.63, 3.8) is 0 Å². The molecule has 1 aliphatic rings. The van der Waals surface area contributed by atoms with Crippen LogP contribution in [0, 0.1) is 12.8 Å². The van der Waals surface area contributed by atoms with Crippen LogP contribution in [-0.4, -0.2) is 70.1 Å². The third-order valence-corrected chi connectivity index (χ3v) is 6.01. The van der Waals surface area contributed by atoms with Gasteiger partial charge in [-0.15, -0.1) is 0 Å². The number of carbonyl (C=O) groups excluding carboxylic acids is 2. The van der Waals surface area contributed by atoms with Crippen molar-refractivity contribution in [2.75, 3.05) is 24.6 Å². The predicted molar refractivity (Wildman–Crippen MR) is 150 cm³/mol. The molecule has 1 aromatic carbocycles. The topological polar surface area (TPSA) is 119 Å². The zero-order valence-corrected chi connectivity index (χ0v) is 24.5. The van der Waals surface area contributed by atoms with E-state index in [-0.39, 0.29) is 19.0 Å². The molecule has 2 heterocycles. The van der Waals surface area contributed by atoms with Crippen molar-refractivity contribution in [1.29, 1.82) is 0 Å². The molecule has 1 N–H and O–H groups in total. The molecule has 3 rings (SSSR count). The van der Waals surface area contributed by atoms with Gasteiger partial charge in [0.1, 0.15) is 23.6 Å². The van der Waals surface area contributed by atoms with Gasteiger partial charge in [-0.25, -0.2) is 19.4 Å². The maximum absolute atomic E-state index is 13.3. The monoisotopic (exact) mass is 555 g/mol. The summed E-state index contributed by atoms with van der Waals surface area (Å²) in [6, 6.07) is 13.3. The summed E-state index contributed by atoms with van der Waals surface area (Å²) in [6.45, 7) is 13.1. The van der Waals surface area contributed by atoms with Gasteiger partial charge >= 0.3 is 18.2 Å². The van der Waals surface area contributed by atoms with Crippen LogP contribution in [0.1, 0.15) is 58.4 Å². The van der Waals surface area contributed by atoms with E-state index in [2.05, 4.69) is 0 Å². The highest BCUT2D eigenvalue weighted by Gasteiger charge is 2.38. The number of amides is 2. The Kier molecular flexibility index (Phi) is 9.78. The zero-order valence-electron chi connectivity index (χ0n) is 24.5. The molecule has 2 atom stereocenters. The Bertz CT molecular complexity index is 1190. The number of ether oxygens (including phenoxy) is 3. The lowest BCUT2D eigenvalue weighted by atomic mass is 9.98. The molecule has 10 nitrogen and oxygen atoms in total. The Morgan fingerprint density at radius 3 is 2.25 bits per heavy atom. The third-order valence-electron chi connectivity index (χ3n) is 6.01. The number of carboxylic acids is 1. The van der Waals surface area contributed by atoms with E-state index in [1.807, 2.05) is 70.2 Å². The van der Waals surface area contributed by atoms with Gasteiger partial charge in [0, 0.05) is 18.2 Å². The fourth-order valence-corrected chi connectivity index (χ4v) is 4.43. The van der Waals surface area contributed by atoms with Gasteiger partial charge in [0.15, 0.2) is 0 Å². The number of aromatic nitrogens is 1. The van der Waals surface area contributed by atoms with Crippen LogP contribution < -0.4 is 4.90 Å². The third kappa shape index (κ3) is 9.51. The van der Waals surface area contributed by atoms with Crippen molar-refractivity contribution in [1.82, 2.24) is 9.88 Å².